The first-order valence-corrected chi connectivity index (χ1v) is 6.56. The van der Waals surface area contributed by atoms with E-state index in [-0.39, 0.29) is 11.7 Å². The zero-order valence-corrected chi connectivity index (χ0v) is 11.8. The molecule has 0 spiro atoms. The highest BCUT2D eigenvalue weighted by Gasteiger charge is 2.07. The first-order chi connectivity index (χ1) is 8.00. The van der Waals surface area contributed by atoms with Gasteiger partial charge in [-0.2, -0.15) is 0 Å². The van der Waals surface area contributed by atoms with Crippen LogP contribution in [0.3, 0.4) is 0 Å². The van der Waals surface area contributed by atoms with Crippen LogP contribution in [0.15, 0.2) is 22.7 Å². The van der Waals surface area contributed by atoms with Crippen LogP contribution >= 0.6 is 15.9 Å². The van der Waals surface area contributed by atoms with Crippen molar-refractivity contribution in [2.75, 3.05) is 6.54 Å². The van der Waals surface area contributed by atoms with Gasteiger partial charge in [0.05, 0.1) is 4.47 Å². The molecule has 0 aliphatic rings. The minimum absolute atomic E-state index is 0.0832. The third-order valence-corrected chi connectivity index (χ3v) is 3.12. The van der Waals surface area contributed by atoms with Gasteiger partial charge in [-0.25, -0.2) is 0 Å². The minimum Gasteiger partial charge on any atom is -0.507 e. The number of carbonyl (C=O) groups excluding carboxylic acids is 1. The molecular weight excluding hydrogens is 282 g/mol. The van der Waals surface area contributed by atoms with Gasteiger partial charge in [-0.15, -0.1) is 0 Å². The van der Waals surface area contributed by atoms with Crippen molar-refractivity contribution >= 4 is 21.8 Å². The van der Waals surface area contributed by atoms with Crippen molar-refractivity contribution in [2.45, 2.75) is 26.7 Å². The molecule has 4 heteroatoms. The quantitative estimate of drug-likeness (QED) is 0.820. The molecule has 0 bridgehead atoms. The Balaban J connectivity index is 2.44. The molecule has 0 unspecified atom stereocenters. The molecule has 2 N–H and O–H groups in total. The number of carbonyl (C=O) groups is 1. The predicted molar refractivity (Wildman–Crippen MR) is 72.2 cm³/mol. The second-order valence-corrected chi connectivity index (χ2v) is 5.31. The molecule has 3 nitrogen and oxygen atoms in total. The van der Waals surface area contributed by atoms with Crippen molar-refractivity contribution in [1.82, 2.24) is 5.32 Å². The lowest BCUT2D eigenvalue weighted by atomic mass is 10.1. The Hall–Kier alpha value is -1.03. The zero-order chi connectivity index (χ0) is 12.8. The number of hydrogen-bond acceptors (Lipinski definition) is 2. The van der Waals surface area contributed by atoms with Crippen LogP contribution in [0.5, 0.6) is 5.75 Å². The number of aromatic hydroxyl groups is 1. The Morgan fingerprint density at radius 1 is 1.47 bits per heavy atom. The Labute approximate surface area is 110 Å². The van der Waals surface area contributed by atoms with Crippen molar-refractivity contribution in [3.63, 3.8) is 0 Å². The number of rotatable bonds is 5. The predicted octanol–water partition coefficient (Wildman–Crippen LogP) is 3.32. The second kappa shape index (κ2) is 6.64. The fourth-order valence-electron chi connectivity index (χ4n) is 1.47. The van der Waals surface area contributed by atoms with Crippen molar-refractivity contribution in [1.29, 1.82) is 0 Å². The summed E-state index contributed by atoms with van der Waals surface area (Å²) in [6.45, 7) is 5.00. The molecular formula is C13H18BrNO2. The van der Waals surface area contributed by atoms with Gasteiger partial charge >= 0.3 is 0 Å². The van der Waals surface area contributed by atoms with E-state index in [0.717, 1.165) is 12.8 Å². The Kier molecular flexibility index (Phi) is 5.48. The largest absolute Gasteiger partial charge is 0.507 e. The lowest BCUT2D eigenvalue weighted by Crippen LogP contribution is -2.24. The first kappa shape index (κ1) is 14.0. The van der Waals surface area contributed by atoms with Gasteiger partial charge in [-0.05, 0) is 52.9 Å². The summed E-state index contributed by atoms with van der Waals surface area (Å²) in [6.07, 6.45) is 2.08. The maximum absolute atomic E-state index is 11.7. The molecule has 0 atom stereocenters. The van der Waals surface area contributed by atoms with Crippen LogP contribution in [0.4, 0.5) is 0 Å². The molecule has 0 saturated heterocycles. The van der Waals surface area contributed by atoms with Gasteiger partial charge in [0.2, 0.25) is 0 Å². The summed E-state index contributed by atoms with van der Waals surface area (Å²) in [4.78, 5) is 11.7. The second-order valence-electron chi connectivity index (χ2n) is 4.46. The molecule has 1 amide bonds. The third-order valence-electron chi connectivity index (χ3n) is 2.45. The molecule has 0 heterocycles. The Bertz CT molecular complexity index is 391. The molecule has 0 radical (unpaired) electrons. The molecule has 17 heavy (non-hydrogen) atoms. The molecule has 94 valence electrons. The fourth-order valence-corrected chi connectivity index (χ4v) is 1.71. The van der Waals surface area contributed by atoms with Crippen molar-refractivity contribution < 1.29 is 9.90 Å². The summed E-state index contributed by atoms with van der Waals surface area (Å²) >= 11 is 3.18. The molecule has 0 aromatic heterocycles. The lowest BCUT2D eigenvalue weighted by Gasteiger charge is -2.07. The van der Waals surface area contributed by atoms with E-state index < -0.39 is 0 Å². The summed E-state index contributed by atoms with van der Waals surface area (Å²) in [5.74, 6) is 0.597. The number of nitrogens with one attached hydrogen (secondary N) is 1. The Morgan fingerprint density at radius 2 is 2.18 bits per heavy atom. The van der Waals surface area contributed by atoms with Gasteiger partial charge in [0.15, 0.2) is 0 Å². The van der Waals surface area contributed by atoms with Gasteiger partial charge in [0, 0.05) is 12.1 Å². The van der Waals surface area contributed by atoms with Gasteiger partial charge < -0.3 is 10.4 Å². The Morgan fingerprint density at radius 3 is 2.76 bits per heavy atom. The third kappa shape index (κ3) is 4.77. The maximum Gasteiger partial charge on any atom is 0.251 e. The smallest absolute Gasteiger partial charge is 0.251 e. The zero-order valence-electron chi connectivity index (χ0n) is 10.2. The van der Waals surface area contributed by atoms with E-state index in [1.165, 1.54) is 6.07 Å². The minimum atomic E-state index is -0.142. The standard InChI is InChI=1S/C13H18BrNO2/c1-9(2)4-3-7-15-13(17)10-5-6-11(14)12(16)8-10/h5-6,8-9,16H,3-4,7H2,1-2H3,(H,15,17). The number of phenols is 1. The van der Waals surface area contributed by atoms with E-state index in [1.54, 1.807) is 12.1 Å². The lowest BCUT2D eigenvalue weighted by molar-refractivity contribution is 0.0952. The summed E-state index contributed by atoms with van der Waals surface area (Å²) in [5, 5.41) is 12.3. The monoisotopic (exact) mass is 299 g/mol. The van der Waals surface area contributed by atoms with Crippen LogP contribution in [0.1, 0.15) is 37.0 Å². The van der Waals surface area contributed by atoms with E-state index in [9.17, 15) is 9.90 Å². The highest BCUT2D eigenvalue weighted by molar-refractivity contribution is 9.10. The SMILES string of the molecule is CC(C)CCCNC(=O)c1ccc(Br)c(O)c1. The van der Waals surface area contributed by atoms with Crippen LogP contribution in [0, 0.1) is 5.92 Å². The first-order valence-electron chi connectivity index (χ1n) is 5.77. The number of phenolic OH excluding ortho intramolecular Hbond substituents is 1. The topological polar surface area (TPSA) is 49.3 Å². The molecule has 1 aromatic carbocycles. The highest BCUT2D eigenvalue weighted by Crippen LogP contribution is 2.24. The molecule has 0 fully saturated rings. The van der Waals surface area contributed by atoms with E-state index in [4.69, 9.17) is 0 Å². The maximum atomic E-state index is 11.7. The van der Waals surface area contributed by atoms with Crippen molar-refractivity contribution in [3.8, 4) is 5.75 Å². The van der Waals surface area contributed by atoms with Gasteiger partial charge in [0.25, 0.3) is 5.91 Å². The molecule has 1 aromatic rings. The van der Waals surface area contributed by atoms with E-state index in [1.807, 2.05) is 0 Å². The number of benzene rings is 1. The van der Waals surface area contributed by atoms with E-state index in [0.29, 0.717) is 22.5 Å². The van der Waals surface area contributed by atoms with Gasteiger partial charge in [-0.3, -0.25) is 4.79 Å². The number of hydrogen-bond donors (Lipinski definition) is 2. The normalized spacial score (nSPS) is 10.6. The summed E-state index contributed by atoms with van der Waals surface area (Å²) in [6, 6.07) is 4.81. The number of amides is 1. The fraction of sp³-hybridized carbons (Fsp3) is 0.462. The van der Waals surface area contributed by atoms with Crippen LogP contribution in [-0.4, -0.2) is 17.6 Å². The van der Waals surface area contributed by atoms with Crippen LogP contribution in [-0.2, 0) is 0 Å². The van der Waals surface area contributed by atoms with Crippen LogP contribution in [0.25, 0.3) is 0 Å². The summed E-state index contributed by atoms with van der Waals surface area (Å²) in [7, 11) is 0. The molecule has 0 saturated carbocycles. The van der Waals surface area contributed by atoms with Gasteiger partial charge in [0.1, 0.15) is 5.75 Å². The van der Waals surface area contributed by atoms with E-state index >= 15 is 0 Å². The number of halogens is 1. The molecule has 0 aliphatic carbocycles. The van der Waals surface area contributed by atoms with Crippen molar-refractivity contribution in [3.05, 3.63) is 28.2 Å². The molecule has 0 aliphatic heterocycles. The highest BCUT2D eigenvalue weighted by atomic mass is 79.9. The van der Waals surface area contributed by atoms with Crippen LogP contribution < -0.4 is 5.32 Å². The van der Waals surface area contributed by atoms with Crippen LogP contribution in [0.2, 0.25) is 0 Å². The average molecular weight is 300 g/mol. The van der Waals surface area contributed by atoms with E-state index in [2.05, 4.69) is 35.1 Å². The van der Waals surface area contributed by atoms with Gasteiger partial charge in [-0.1, -0.05) is 13.8 Å². The summed E-state index contributed by atoms with van der Waals surface area (Å²) < 4.78 is 0.592. The average Bonchev–Trinajstić information content (AvgIpc) is 2.27. The van der Waals surface area contributed by atoms with Crippen molar-refractivity contribution in [2.24, 2.45) is 5.92 Å². The molecule has 1 rings (SSSR count). The summed E-state index contributed by atoms with van der Waals surface area (Å²) in [5.41, 5.74) is 0.482.